The normalized spacial score (nSPS) is 41.6. The van der Waals surface area contributed by atoms with E-state index in [2.05, 4.69) is 23.8 Å². The molecule has 2 heterocycles. The third-order valence-electron chi connectivity index (χ3n) is 11.2. The summed E-state index contributed by atoms with van der Waals surface area (Å²) in [6.45, 7) is 5.11. The molecule has 4 fully saturated rings. The van der Waals surface area contributed by atoms with Gasteiger partial charge in [0, 0.05) is 12.6 Å². The van der Waals surface area contributed by atoms with Gasteiger partial charge in [-0.15, -0.1) is 0 Å². The van der Waals surface area contributed by atoms with E-state index in [4.69, 9.17) is 4.42 Å². The van der Waals surface area contributed by atoms with Gasteiger partial charge in [0.25, 0.3) is 0 Å². The molecule has 0 spiro atoms. The largest absolute Gasteiger partial charge is 0.408 e. The standard InChI is InChI=1S/C29H40N2O3/c1-28-13-4-3-6-19(28)16-24(32)26-21-10-9-18(29(21,2)14-11-22(26)28)7-5-8-25-31-23-17-30-15-12-20(23)27(33)34-25/h12,15,17-19,21-22,24,26,32H,3-11,13-14,16H2,1-2H3. The smallest absolute Gasteiger partial charge is 0.346 e. The van der Waals surface area contributed by atoms with Gasteiger partial charge in [-0.1, -0.05) is 26.7 Å². The van der Waals surface area contributed by atoms with E-state index >= 15 is 0 Å². The summed E-state index contributed by atoms with van der Waals surface area (Å²) in [5.74, 6) is 3.83. The van der Waals surface area contributed by atoms with Gasteiger partial charge in [0.05, 0.1) is 23.2 Å². The van der Waals surface area contributed by atoms with E-state index in [1.54, 1.807) is 18.5 Å². The molecule has 4 aliphatic carbocycles. The van der Waals surface area contributed by atoms with E-state index in [0.29, 0.717) is 57.7 Å². The summed E-state index contributed by atoms with van der Waals surface area (Å²) in [6.07, 6.45) is 17.6. The Morgan fingerprint density at radius 1 is 1.09 bits per heavy atom. The number of fused-ring (bicyclic) bond motifs is 6. The number of hydrogen-bond acceptors (Lipinski definition) is 5. The highest BCUT2D eigenvalue weighted by molar-refractivity contribution is 5.75. The second-order valence-corrected chi connectivity index (χ2v) is 12.5. The first-order chi connectivity index (χ1) is 16.4. The van der Waals surface area contributed by atoms with Gasteiger partial charge in [-0.2, -0.15) is 0 Å². The summed E-state index contributed by atoms with van der Waals surface area (Å²) in [5, 5.41) is 11.9. The minimum absolute atomic E-state index is 0.103. The molecule has 0 aromatic carbocycles. The van der Waals surface area contributed by atoms with Crippen LogP contribution in [0, 0.1) is 40.4 Å². The highest BCUT2D eigenvalue weighted by Crippen LogP contribution is 2.67. The van der Waals surface area contributed by atoms with Crippen LogP contribution in [0.3, 0.4) is 0 Å². The zero-order chi connectivity index (χ0) is 23.5. The van der Waals surface area contributed by atoms with Gasteiger partial charge in [0.1, 0.15) is 0 Å². The van der Waals surface area contributed by atoms with Crippen LogP contribution in [0.5, 0.6) is 0 Å². The molecule has 6 rings (SSSR count). The average molecular weight is 465 g/mol. The van der Waals surface area contributed by atoms with Crippen molar-refractivity contribution in [2.45, 2.75) is 97.0 Å². The van der Waals surface area contributed by atoms with E-state index in [-0.39, 0.29) is 11.7 Å². The fourth-order valence-corrected chi connectivity index (χ4v) is 9.41. The second-order valence-electron chi connectivity index (χ2n) is 12.5. The number of nitrogens with zero attached hydrogens (tertiary/aromatic N) is 2. The lowest BCUT2D eigenvalue weighted by atomic mass is 9.44. The maximum absolute atomic E-state index is 12.3. The third-order valence-corrected chi connectivity index (χ3v) is 11.2. The summed E-state index contributed by atoms with van der Waals surface area (Å²) in [5.41, 5.74) is 1.10. The quantitative estimate of drug-likeness (QED) is 0.607. The Balaban J connectivity index is 1.15. The number of aromatic nitrogens is 2. The minimum atomic E-state index is -0.311. The van der Waals surface area contributed by atoms with Crippen LogP contribution in [0.1, 0.15) is 90.4 Å². The monoisotopic (exact) mass is 464 g/mol. The lowest BCUT2D eigenvalue weighted by molar-refractivity contribution is -0.162. The SMILES string of the molecule is CC12CCC3C(C(O)CC4CCCCC43C)C1CCC2CCCc1nc2cnccc2c(=O)o1. The van der Waals surface area contributed by atoms with Crippen molar-refractivity contribution in [3.05, 3.63) is 34.8 Å². The van der Waals surface area contributed by atoms with Crippen molar-refractivity contribution < 1.29 is 9.52 Å². The van der Waals surface area contributed by atoms with Gasteiger partial charge in [-0.25, -0.2) is 9.78 Å². The number of aliphatic hydroxyl groups excluding tert-OH is 1. The Bertz CT molecular complexity index is 1110. The van der Waals surface area contributed by atoms with E-state index in [1.807, 2.05) is 0 Å². The molecule has 0 aliphatic heterocycles. The predicted molar refractivity (Wildman–Crippen MR) is 132 cm³/mol. The van der Waals surface area contributed by atoms with E-state index in [0.717, 1.165) is 25.2 Å². The van der Waals surface area contributed by atoms with Crippen LogP contribution in [-0.4, -0.2) is 21.2 Å². The van der Waals surface area contributed by atoms with E-state index in [1.165, 1.54) is 51.4 Å². The summed E-state index contributed by atoms with van der Waals surface area (Å²) in [6, 6.07) is 1.67. The van der Waals surface area contributed by atoms with Crippen LogP contribution in [0.4, 0.5) is 0 Å². The molecule has 8 unspecified atom stereocenters. The molecule has 4 aliphatic rings. The Labute approximate surface area is 202 Å². The zero-order valence-electron chi connectivity index (χ0n) is 20.8. The summed E-state index contributed by atoms with van der Waals surface area (Å²) in [7, 11) is 0. The Morgan fingerprint density at radius 3 is 2.82 bits per heavy atom. The topological polar surface area (TPSA) is 76.2 Å². The van der Waals surface area contributed by atoms with Crippen molar-refractivity contribution in [2.75, 3.05) is 0 Å². The lowest BCUT2D eigenvalue weighted by Crippen LogP contribution is -2.57. The van der Waals surface area contributed by atoms with Crippen molar-refractivity contribution in [1.29, 1.82) is 0 Å². The first-order valence-electron chi connectivity index (χ1n) is 13.8. The lowest BCUT2D eigenvalue weighted by Gasteiger charge is -2.62. The number of rotatable bonds is 4. The molecule has 0 saturated heterocycles. The molecular formula is C29H40N2O3. The van der Waals surface area contributed by atoms with Crippen molar-refractivity contribution in [1.82, 2.24) is 9.97 Å². The number of aryl methyl sites for hydroxylation is 1. The highest BCUT2D eigenvalue weighted by atomic mass is 16.4. The van der Waals surface area contributed by atoms with Crippen LogP contribution < -0.4 is 5.63 Å². The molecule has 0 radical (unpaired) electrons. The fourth-order valence-electron chi connectivity index (χ4n) is 9.41. The van der Waals surface area contributed by atoms with Crippen LogP contribution >= 0.6 is 0 Å². The van der Waals surface area contributed by atoms with Crippen molar-refractivity contribution in [2.24, 2.45) is 40.4 Å². The predicted octanol–water partition coefficient (Wildman–Crippen LogP) is 5.93. The molecule has 4 saturated carbocycles. The molecule has 0 amide bonds. The molecule has 5 nitrogen and oxygen atoms in total. The maximum Gasteiger partial charge on any atom is 0.346 e. The first kappa shape index (κ1) is 22.7. The molecule has 2 aromatic rings. The fraction of sp³-hybridized carbons (Fsp3) is 0.759. The minimum Gasteiger partial charge on any atom is -0.408 e. The zero-order valence-corrected chi connectivity index (χ0v) is 20.8. The van der Waals surface area contributed by atoms with Gasteiger partial charge in [-0.3, -0.25) is 4.98 Å². The molecule has 1 N–H and O–H groups in total. The van der Waals surface area contributed by atoms with E-state index < -0.39 is 0 Å². The molecule has 0 bridgehead atoms. The van der Waals surface area contributed by atoms with E-state index in [9.17, 15) is 9.90 Å². The van der Waals surface area contributed by atoms with Gasteiger partial charge >= 0.3 is 5.63 Å². The maximum atomic E-state index is 12.3. The second kappa shape index (κ2) is 8.43. The number of pyridine rings is 1. The van der Waals surface area contributed by atoms with Gasteiger partial charge < -0.3 is 9.52 Å². The first-order valence-corrected chi connectivity index (χ1v) is 13.8. The molecule has 8 atom stereocenters. The molecular weight excluding hydrogens is 424 g/mol. The van der Waals surface area contributed by atoms with Gasteiger partial charge in [-0.05, 0) is 104 Å². The molecule has 2 aromatic heterocycles. The van der Waals surface area contributed by atoms with Crippen LogP contribution in [-0.2, 0) is 6.42 Å². The van der Waals surface area contributed by atoms with Crippen LogP contribution in [0.2, 0.25) is 0 Å². The van der Waals surface area contributed by atoms with Crippen molar-refractivity contribution >= 4 is 10.9 Å². The summed E-state index contributed by atoms with van der Waals surface area (Å²) >= 11 is 0. The third kappa shape index (κ3) is 3.48. The average Bonchev–Trinajstić information content (AvgIpc) is 3.16. The number of aliphatic hydroxyl groups is 1. The number of hydrogen-bond donors (Lipinski definition) is 1. The molecule has 5 heteroatoms. The highest BCUT2D eigenvalue weighted by Gasteiger charge is 2.61. The Kier molecular flexibility index (Phi) is 5.63. The van der Waals surface area contributed by atoms with Crippen LogP contribution in [0.25, 0.3) is 10.9 Å². The molecule has 34 heavy (non-hydrogen) atoms. The summed E-state index contributed by atoms with van der Waals surface area (Å²) in [4.78, 5) is 20.9. The van der Waals surface area contributed by atoms with Crippen molar-refractivity contribution in [3.63, 3.8) is 0 Å². The van der Waals surface area contributed by atoms with Crippen LogP contribution in [0.15, 0.2) is 27.7 Å². The molecule has 184 valence electrons. The van der Waals surface area contributed by atoms with Gasteiger partial charge in [0.15, 0.2) is 5.89 Å². The van der Waals surface area contributed by atoms with Crippen molar-refractivity contribution in [3.8, 4) is 0 Å². The van der Waals surface area contributed by atoms with Gasteiger partial charge in [0.2, 0.25) is 0 Å². The Morgan fingerprint density at radius 2 is 1.94 bits per heavy atom. The Hall–Kier alpha value is -1.75. The summed E-state index contributed by atoms with van der Waals surface area (Å²) < 4.78 is 5.51.